The molecule has 0 aliphatic rings. The summed E-state index contributed by atoms with van der Waals surface area (Å²) in [6, 6.07) is 0. The second kappa shape index (κ2) is 5.28. The highest BCUT2D eigenvalue weighted by atomic mass is 16.3. The lowest BCUT2D eigenvalue weighted by Crippen LogP contribution is -2.48. The predicted molar refractivity (Wildman–Crippen MR) is 60.6 cm³/mol. The molecule has 0 saturated heterocycles. The van der Waals surface area contributed by atoms with Crippen LogP contribution in [0.1, 0.15) is 27.2 Å². The Morgan fingerprint density at radius 1 is 1.53 bits per heavy atom. The molecule has 1 rings (SSSR count). The molecule has 86 valence electrons. The third-order valence-electron chi connectivity index (χ3n) is 2.78. The van der Waals surface area contributed by atoms with Gasteiger partial charge in [-0.1, -0.05) is 0 Å². The maximum atomic E-state index is 9.49. The van der Waals surface area contributed by atoms with E-state index in [0.29, 0.717) is 0 Å². The second-order valence-corrected chi connectivity index (χ2v) is 4.48. The van der Waals surface area contributed by atoms with E-state index in [1.165, 1.54) is 0 Å². The van der Waals surface area contributed by atoms with Gasteiger partial charge in [-0.05, 0) is 33.7 Å². The summed E-state index contributed by atoms with van der Waals surface area (Å²) in [5.74, 6) is 0. The topological polar surface area (TPSA) is 50.1 Å². The average Bonchev–Trinajstić information content (AvgIpc) is 2.64. The van der Waals surface area contributed by atoms with Gasteiger partial charge in [0.1, 0.15) is 0 Å². The van der Waals surface area contributed by atoms with E-state index in [-0.39, 0.29) is 11.6 Å². The van der Waals surface area contributed by atoms with E-state index in [2.05, 4.69) is 14.9 Å². The number of rotatable bonds is 6. The lowest BCUT2D eigenvalue weighted by molar-refractivity contribution is 0.0965. The first kappa shape index (κ1) is 12.2. The standard InChI is InChI=1S/C11H21N3O/c1-10(15)11(2,3)13-5-4-7-14-8-6-12-9-14/h6,8-10,13,15H,4-5,7H2,1-3H3. The van der Waals surface area contributed by atoms with Crippen molar-refractivity contribution in [1.82, 2.24) is 14.9 Å². The summed E-state index contributed by atoms with van der Waals surface area (Å²) in [5.41, 5.74) is -0.213. The summed E-state index contributed by atoms with van der Waals surface area (Å²) < 4.78 is 2.05. The maximum absolute atomic E-state index is 9.49. The number of aliphatic hydroxyl groups is 1. The van der Waals surface area contributed by atoms with Gasteiger partial charge in [-0.25, -0.2) is 4.98 Å². The fourth-order valence-corrected chi connectivity index (χ4v) is 1.24. The molecule has 1 aromatic rings. The number of aryl methyl sites for hydroxylation is 1. The number of nitrogens with zero attached hydrogens (tertiary/aromatic N) is 2. The Balaban J connectivity index is 2.17. The Morgan fingerprint density at radius 3 is 2.80 bits per heavy atom. The molecule has 1 unspecified atom stereocenters. The van der Waals surface area contributed by atoms with E-state index >= 15 is 0 Å². The lowest BCUT2D eigenvalue weighted by Gasteiger charge is -2.29. The first-order chi connectivity index (χ1) is 7.02. The largest absolute Gasteiger partial charge is 0.392 e. The maximum Gasteiger partial charge on any atom is 0.0945 e. The number of hydrogen-bond donors (Lipinski definition) is 2. The smallest absolute Gasteiger partial charge is 0.0945 e. The van der Waals surface area contributed by atoms with Crippen molar-refractivity contribution in [3.63, 3.8) is 0 Å². The van der Waals surface area contributed by atoms with Gasteiger partial charge in [0.2, 0.25) is 0 Å². The first-order valence-electron chi connectivity index (χ1n) is 5.41. The summed E-state index contributed by atoms with van der Waals surface area (Å²) in [5, 5.41) is 12.8. The van der Waals surface area contributed by atoms with Crippen LogP contribution < -0.4 is 5.32 Å². The first-order valence-corrected chi connectivity index (χ1v) is 5.41. The van der Waals surface area contributed by atoms with E-state index in [1.54, 1.807) is 6.20 Å². The Kier molecular flexibility index (Phi) is 4.29. The van der Waals surface area contributed by atoms with E-state index in [9.17, 15) is 5.11 Å². The van der Waals surface area contributed by atoms with Gasteiger partial charge in [-0.2, -0.15) is 0 Å². The number of aliphatic hydroxyl groups excluding tert-OH is 1. The minimum atomic E-state index is -0.342. The van der Waals surface area contributed by atoms with Crippen LogP contribution in [0.5, 0.6) is 0 Å². The van der Waals surface area contributed by atoms with Crippen molar-refractivity contribution >= 4 is 0 Å². The van der Waals surface area contributed by atoms with Gasteiger partial charge in [0.25, 0.3) is 0 Å². The SMILES string of the molecule is CC(O)C(C)(C)NCCCn1ccnc1. The van der Waals surface area contributed by atoms with Crippen molar-refractivity contribution in [2.45, 2.75) is 45.4 Å². The lowest BCUT2D eigenvalue weighted by atomic mass is 9.99. The van der Waals surface area contributed by atoms with Crippen molar-refractivity contribution < 1.29 is 5.11 Å². The number of hydrogen-bond acceptors (Lipinski definition) is 3. The van der Waals surface area contributed by atoms with Gasteiger partial charge in [-0.15, -0.1) is 0 Å². The highest BCUT2D eigenvalue weighted by molar-refractivity contribution is 4.83. The van der Waals surface area contributed by atoms with Crippen LogP contribution in [-0.4, -0.2) is 32.8 Å². The van der Waals surface area contributed by atoms with Crippen molar-refractivity contribution in [3.05, 3.63) is 18.7 Å². The van der Waals surface area contributed by atoms with Gasteiger partial charge >= 0.3 is 0 Å². The van der Waals surface area contributed by atoms with Crippen LogP contribution >= 0.6 is 0 Å². The van der Waals surface area contributed by atoms with Gasteiger partial charge in [0.05, 0.1) is 12.4 Å². The zero-order valence-electron chi connectivity index (χ0n) is 9.77. The molecule has 2 N–H and O–H groups in total. The van der Waals surface area contributed by atoms with Crippen LogP contribution in [0.2, 0.25) is 0 Å². The molecule has 1 atom stereocenters. The zero-order valence-corrected chi connectivity index (χ0v) is 9.77. The fraction of sp³-hybridized carbons (Fsp3) is 0.727. The third kappa shape index (κ3) is 4.01. The van der Waals surface area contributed by atoms with Crippen molar-refractivity contribution in [3.8, 4) is 0 Å². The van der Waals surface area contributed by atoms with Crippen molar-refractivity contribution in [2.24, 2.45) is 0 Å². The van der Waals surface area contributed by atoms with Crippen molar-refractivity contribution in [1.29, 1.82) is 0 Å². The average molecular weight is 211 g/mol. The zero-order chi connectivity index (χ0) is 11.3. The second-order valence-electron chi connectivity index (χ2n) is 4.48. The van der Waals surface area contributed by atoms with Crippen LogP contribution in [0.4, 0.5) is 0 Å². The molecule has 4 nitrogen and oxygen atoms in total. The predicted octanol–water partition coefficient (Wildman–Crippen LogP) is 1.02. The van der Waals surface area contributed by atoms with Gasteiger partial charge < -0.3 is 15.0 Å². The Bertz CT molecular complexity index is 267. The molecule has 0 aromatic carbocycles. The molecule has 0 radical (unpaired) electrons. The normalized spacial score (nSPS) is 14.1. The molecule has 0 aliphatic heterocycles. The number of imidazole rings is 1. The minimum Gasteiger partial charge on any atom is -0.392 e. The van der Waals surface area contributed by atoms with Gasteiger partial charge in [0, 0.05) is 24.5 Å². The van der Waals surface area contributed by atoms with Crippen LogP contribution in [0.15, 0.2) is 18.7 Å². The highest BCUT2D eigenvalue weighted by Crippen LogP contribution is 2.07. The number of nitrogens with one attached hydrogen (secondary N) is 1. The van der Waals surface area contributed by atoms with Gasteiger partial charge in [-0.3, -0.25) is 0 Å². The summed E-state index contributed by atoms with van der Waals surface area (Å²) in [7, 11) is 0. The molecule has 4 heteroatoms. The molecular formula is C11H21N3O. The molecule has 1 aromatic heterocycles. The molecule has 1 heterocycles. The van der Waals surface area contributed by atoms with Crippen LogP contribution in [0, 0.1) is 0 Å². The number of aromatic nitrogens is 2. The molecule has 0 bridgehead atoms. The molecule has 0 amide bonds. The Hall–Kier alpha value is -0.870. The summed E-state index contributed by atoms with van der Waals surface area (Å²) in [6.45, 7) is 7.69. The van der Waals surface area contributed by atoms with Crippen LogP contribution in [0.25, 0.3) is 0 Å². The summed E-state index contributed by atoms with van der Waals surface area (Å²) in [6.07, 6.45) is 6.25. The Morgan fingerprint density at radius 2 is 2.27 bits per heavy atom. The summed E-state index contributed by atoms with van der Waals surface area (Å²) in [4.78, 5) is 3.98. The van der Waals surface area contributed by atoms with E-state index in [0.717, 1.165) is 19.5 Å². The third-order valence-corrected chi connectivity index (χ3v) is 2.78. The van der Waals surface area contributed by atoms with Crippen LogP contribution in [0.3, 0.4) is 0 Å². The van der Waals surface area contributed by atoms with E-state index in [1.807, 2.05) is 33.3 Å². The van der Waals surface area contributed by atoms with E-state index < -0.39 is 0 Å². The quantitative estimate of drug-likeness (QED) is 0.691. The van der Waals surface area contributed by atoms with Gasteiger partial charge in [0.15, 0.2) is 0 Å². The van der Waals surface area contributed by atoms with E-state index in [4.69, 9.17) is 0 Å². The summed E-state index contributed by atoms with van der Waals surface area (Å²) >= 11 is 0. The fourth-order valence-electron chi connectivity index (χ4n) is 1.24. The van der Waals surface area contributed by atoms with Crippen LogP contribution in [-0.2, 0) is 6.54 Å². The molecule has 0 aliphatic carbocycles. The molecule has 0 spiro atoms. The highest BCUT2D eigenvalue weighted by Gasteiger charge is 2.22. The monoisotopic (exact) mass is 211 g/mol. The molecule has 15 heavy (non-hydrogen) atoms. The Labute approximate surface area is 91.3 Å². The molecular weight excluding hydrogens is 190 g/mol. The molecule has 0 fully saturated rings. The molecule has 0 saturated carbocycles. The minimum absolute atomic E-state index is 0.213. The van der Waals surface area contributed by atoms with Crippen molar-refractivity contribution in [2.75, 3.05) is 6.54 Å².